The van der Waals surface area contributed by atoms with E-state index in [0.29, 0.717) is 17.9 Å². The number of hydrogen-bond donors (Lipinski definition) is 3. The second-order valence-corrected chi connectivity index (χ2v) is 11.4. The molecule has 0 aromatic heterocycles. The van der Waals surface area contributed by atoms with Crippen LogP contribution in [0, 0.1) is 0 Å². The molecular formula is C28H31N3O6S2. The van der Waals surface area contributed by atoms with Crippen molar-refractivity contribution in [2.45, 2.75) is 19.1 Å². The average molecular weight is 570 g/mol. The van der Waals surface area contributed by atoms with Gasteiger partial charge in [0, 0.05) is 18.7 Å². The largest absolute Gasteiger partial charge is 0.489 e. The van der Waals surface area contributed by atoms with Crippen LogP contribution in [0.1, 0.15) is 21.5 Å². The van der Waals surface area contributed by atoms with E-state index in [9.17, 15) is 22.8 Å². The highest BCUT2D eigenvalue weighted by atomic mass is 32.2. The third-order valence-corrected chi connectivity index (χ3v) is 6.99. The van der Waals surface area contributed by atoms with Gasteiger partial charge in [-0.3, -0.25) is 14.4 Å². The molecule has 0 saturated heterocycles. The van der Waals surface area contributed by atoms with Crippen LogP contribution in [-0.4, -0.2) is 56.5 Å². The first kappa shape index (κ1) is 29.9. The van der Waals surface area contributed by atoms with Crippen LogP contribution in [-0.2, 0) is 32.6 Å². The predicted molar refractivity (Wildman–Crippen MR) is 152 cm³/mol. The Morgan fingerprint density at radius 2 is 1.44 bits per heavy atom. The lowest BCUT2D eigenvalue weighted by Crippen LogP contribution is -2.49. The summed E-state index contributed by atoms with van der Waals surface area (Å²) >= 11 is 0.893. The fourth-order valence-corrected chi connectivity index (χ4v) is 4.87. The van der Waals surface area contributed by atoms with Gasteiger partial charge >= 0.3 is 0 Å². The minimum Gasteiger partial charge on any atom is -0.489 e. The molecule has 11 heteroatoms. The van der Waals surface area contributed by atoms with Gasteiger partial charge in [0.1, 0.15) is 18.4 Å². The molecule has 3 aromatic carbocycles. The molecule has 0 bridgehead atoms. The van der Waals surface area contributed by atoms with Crippen molar-refractivity contribution in [3.8, 4) is 5.75 Å². The standard InChI is InChI=1S/C28H31N3O6S2/c1-39(35,36)31-25(18-21-12-14-24(15-13-21)37-19-22-8-4-2-5-9-22)27(33)30-17-16-29-26(32)20-38-28(34)23-10-6-3-7-11-23/h2-15,25,31H,16-20H2,1H3,(H,29,32)(H,30,33). The molecule has 0 aliphatic rings. The third-order valence-electron chi connectivity index (χ3n) is 5.37. The summed E-state index contributed by atoms with van der Waals surface area (Å²) in [4.78, 5) is 36.9. The fraction of sp³-hybridized carbons (Fsp3) is 0.250. The van der Waals surface area contributed by atoms with E-state index in [4.69, 9.17) is 4.74 Å². The molecular weight excluding hydrogens is 538 g/mol. The van der Waals surface area contributed by atoms with E-state index in [0.717, 1.165) is 29.1 Å². The van der Waals surface area contributed by atoms with E-state index in [1.165, 1.54) is 0 Å². The Kier molecular flexibility index (Phi) is 11.5. The summed E-state index contributed by atoms with van der Waals surface area (Å²) in [6.07, 6.45) is 1.12. The Balaban J connectivity index is 1.44. The zero-order valence-corrected chi connectivity index (χ0v) is 23.1. The van der Waals surface area contributed by atoms with Crippen LogP contribution in [0.15, 0.2) is 84.9 Å². The number of rotatable bonds is 14. The molecule has 3 aromatic rings. The Morgan fingerprint density at radius 1 is 0.821 bits per heavy atom. The number of carbonyl (C=O) groups is 3. The number of nitrogens with one attached hydrogen (secondary N) is 3. The van der Waals surface area contributed by atoms with E-state index in [1.807, 2.05) is 30.3 Å². The maximum atomic E-state index is 12.7. The fourth-order valence-electron chi connectivity index (χ4n) is 3.50. The van der Waals surface area contributed by atoms with Crippen molar-refractivity contribution in [3.63, 3.8) is 0 Å². The van der Waals surface area contributed by atoms with Gasteiger partial charge in [-0.05, 0) is 29.7 Å². The van der Waals surface area contributed by atoms with Gasteiger partial charge in [-0.2, -0.15) is 0 Å². The van der Waals surface area contributed by atoms with Crippen molar-refractivity contribution in [1.82, 2.24) is 15.4 Å². The minimum absolute atomic E-state index is 0.0506. The first-order chi connectivity index (χ1) is 18.7. The van der Waals surface area contributed by atoms with E-state index < -0.39 is 22.0 Å². The zero-order valence-electron chi connectivity index (χ0n) is 21.5. The SMILES string of the molecule is CS(=O)(=O)NC(Cc1ccc(OCc2ccccc2)cc1)C(=O)NCCNC(=O)CSC(=O)c1ccccc1. The van der Waals surface area contributed by atoms with E-state index >= 15 is 0 Å². The molecule has 3 N–H and O–H groups in total. The second kappa shape index (κ2) is 15.1. The van der Waals surface area contributed by atoms with Crippen molar-refractivity contribution < 1.29 is 27.5 Å². The topological polar surface area (TPSA) is 131 Å². The van der Waals surface area contributed by atoms with Gasteiger partial charge in [0.15, 0.2) is 0 Å². The molecule has 2 amide bonds. The van der Waals surface area contributed by atoms with Crippen LogP contribution >= 0.6 is 11.8 Å². The first-order valence-corrected chi connectivity index (χ1v) is 15.1. The van der Waals surface area contributed by atoms with Crippen LogP contribution in [0.3, 0.4) is 0 Å². The molecule has 1 atom stereocenters. The van der Waals surface area contributed by atoms with Gasteiger partial charge in [0.2, 0.25) is 27.0 Å². The van der Waals surface area contributed by atoms with E-state index in [1.54, 1.807) is 54.6 Å². The monoisotopic (exact) mass is 569 g/mol. The molecule has 3 rings (SSSR count). The normalized spacial score (nSPS) is 11.8. The Labute approximate surface area is 232 Å². The summed E-state index contributed by atoms with van der Waals surface area (Å²) in [5.74, 6) is -0.268. The number of amides is 2. The quantitative estimate of drug-likeness (QED) is 0.254. The number of benzene rings is 3. The molecule has 206 valence electrons. The molecule has 0 aliphatic heterocycles. The second-order valence-electron chi connectivity index (χ2n) is 8.65. The number of carbonyl (C=O) groups excluding carboxylic acids is 3. The van der Waals surface area contributed by atoms with Gasteiger partial charge in [-0.25, -0.2) is 13.1 Å². The highest BCUT2D eigenvalue weighted by molar-refractivity contribution is 8.14. The van der Waals surface area contributed by atoms with Crippen molar-refractivity contribution in [2.24, 2.45) is 0 Å². The van der Waals surface area contributed by atoms with Crippen LogP contribution in [0.4, 0.5) is 0 Å². The van der Waals surface area contributed by atoms with Crippen LogP contribution in [0.5, 0.6) is 5.75 Å². The van der Waals surface area contributed by atoms with Crippen LogP contribution in [0.25, 0.3) is 0 Å². The number of hydrogen-bond acceptors (Lipinski definition) is 7. The molecule has 9 nitrogen and oxygen atoms in total. The Morgan fingerprint density at radius 3 is 2.08 bits per heavy atom. The number of thioether (sulfide) groups is 1. The maximum absolute atomic E-state index is 12.7. The lowest BCUT2D eigenvalue weighted by atomic mass is 10.1. The lowest BCUT2D eigenvalue weighted by Gasteiger charge is -2.18. The smallest absolute Gasteiger partial charge is 0.238 e. The molecule has 0 radical (unpaired) electrons. The summed E-state index contributed by atoms with van der Waals surface area (Å²) in [6, 6.07) is 24.4. The van der Waals surface area contributed by atoms with Crippen molar-refractivity contribution in [3.05, 3.63) is 102 Å². The third kappa shape index (κ3) is 11.3. The van der Waals surface area contributed by atoms with Gasteiger partial charge in [0.05, 0.1) is 12.0 Å². The molecule has 0 fully saturated rings. The van der Waals surface area contributed by atoms with Gasteiger partial charge in [0.25, 0.3) is 0 Å². The van der Waals surface area contributed by atoms with Gasteiger partial charge in [-0.15, -0.1) is 0 Å². The van der Waals surface area contributed by atoms with Crippen molar-refractivity contribution >= 4 is 38.7 Å². The highest BCUT2D eigenvalue weighted by Gasteiger charge is 2.22. The summed E-state index contributed by atoms with van der Waals surface area (Å²) in [6.45, 7) is 0.638. The summed E-state index contributed by atoms with van der Waals surface area (Å²) in [5.41, 5.74) is 2.29. The molecule has 0 aliphatic carbocycles. The predicted octanol–water partition coefficient (Wildman–Crippen LogP) is 2.53. The van der Waals surface area contributed by atoms with E-state index in [2.05, 4.69) is 15.4 Å². The first-order valence-electron chi connectivity index (χ1n) is 12.2. The average Bonchev–Trinajstić information content (AvgIpc) is 2.93. The molecule has 0 spiro atoms. The van der Waals surface area contributed by atoms with Crippen molar-refractivity contribution in [2.75, 3.05) is 25.1 Å². The maximum Gasteiger partial charge on any atom is 0.238 e. The summed E-state index contributed by atoms with van der Waals surface area (Å²) in [7, 11) is -3.66. The van der Waals surface area contributed by atoms with Crippen molar-refractivity contribution in [1.29, 1.82) is 0 Å². The number of sulfonamides is 1. The van der Waals surface area contributed by atoms with Gasteiger partial charge in [-0.1, -0.05) is 84.6 Å². The molecule has 1 unspecified atom stereocenters. The summed E-state index contributed by atoms with van der Waals surface area (Å²) in [5, 5.41) is 5.07. The molecule has 39 heavy (non-hydrogen) atoms. The highest BCUT2D eigenvalue weighted by Crippen LogP contribution is 2.16. The lowest BCUT2D eigenvalue weighted by molar-refractivity contribution is -0.123. The molecule has 0 heterocycles. The Bertz CT molecular complexity index is 1330. The minimum atomic E-state index is -3.66. The van der Waals surface area contributed by atoms with Crippen LogP contribution in [0.2, 0.25) is 0 Å². The Hall–Kier alpha value is -3.67. The van der Waals surface area contributed by atoms with Gasteiger partial charge < -0.3 is 15.4 Å². The van der Waals surface area contributed by atoms with E-state index in [-0.39, 0.29) is 36.3 Å². The van der Waals surface area contributed by atoms with Crippen LogP contribution < -0.4 is 20.1 Å². The summed E-state index contributed by atoms with van der Waals surface area (Å²) < 4.78 is 31.9. The number of ether oxygens (including phenoxy) is 1. The zero-order chi connectivity index (χ0) is 28.1. The molecule has 0 saturated carbocycles.